The molecule has 15 heavy (non-hydrogen) atoms. The van der Waals surface area contributed by atoms with Crippen molar-refractivity contribution < 1.29 is 17.9 Å². The molecule has 0 amide bonds. The standard InChI is InChI=1S/C10H18F3NO/c1-15-7-6-14-9-4-2-8(3-5-9)10(11,12)13/h8-9,14H,2-7H2,1H3. The minimum Gasteiger partial charge on any atom is -0.383 e. The number of rotatable bonds is 4. The van der Waals surface area contributed by atoms with E-state index in [0.717, 1.165) is 6.54 Å². The smallest absolute Gasteiger partial charge is 0.383 e. The van der Waals surface area contributed by atoms with Crippen LogP contribution in [0.15, 0.2) is 0 Å². The van der Waals surface area contributed by atoms with Gasteiger partial charge in [0.1, 0.15) is 0 Å². The molecule has 5 heteroatoms. The van der Waals surface area contributed by atoms with Crippen LogP contribution in [-0.4, -0.2) is 32.5 Å². The van der Waals surface area contributed by atoms with Crippen LogP contribution < -0.4 is 5.32 Å². The van der Waals surface area contributed by atoms with Crippen LogP contribution in [-0.2, 0) is 4.74 Å². The van der Waals surface area contributed by atoms with Gasteiger partial charge in [0.25, 0.3) is 0 Å². The second-order valence-corrected chi connectivity index (χ2v) is 4.04. The van der Waals surface area contributed by atoms with E-state index in [0.29, 0.717) is 19.4 Å². The van der Waals surface area contributed by atoms with E-state index in [-0.39, 0.29) is 18.9 Å². The van der Waals surface area contributed by atoms with Crippen molar-refractivity contribution in [2.24, 2.45) is 5.92 Å². The third-order valence-corrected chi connectivity index (χ3v) is 2.93. The number of hydrogen-bond donors (Lipinski definition) is 1. The third kappa shape index (κ3) is 4.38. The lowest BCUT2D eigenvalue weighted by atomic mass is 9.85. The van der Waals surface area contributed by atoms with Crippen LogP contribution in [0.5, 0.6) is 0 Å². The van der Waals surface area contributed by atoms with Crippen molar-refractivity contribution in [3.05, 3.63) is 0 Å². The first-order valence-corrected chi connectivity index (χ1v) is 5.33. The molecular formula is C10H18F3NO. The first-order valence-electron chi connectivity index (χ1n) is 5.33. The van der Waals surface area contributed by atoms with Crippen LogP contribution in [0.3, 0.4) is 0 Å². The quantitative estimate of drug-likeness (QED) is 0.741. The number of methoxy groups -OCH3 is 1. The van der Waals surface area contributed by atoms with Crippen molar-refractivity contribution in [2.75, 3.05) is 20.3 Å². The SMILES string of the molecule is COCCNC1CCC(C(F)(F)F)CC1. The highest BCUT2D eigenvalue weighted by molar-refractivity contribution is 4.80. The fourth-order valence-corrected chi connectivity index (χ4v) is 1.99. The molecule has 1 aliphatic rings. The summed E-state index contributed by atoms with van der Waals surface area (Å²) < 4.78 is 41.9. The molecular weight excluding hydrogens is 207 g/mol. The topological polar surface area (TPSA) is 21.3 Å². The summed E-state index contributed by atoms with van der Waals surface area (Å²) in [6.07, 6.45) is -2.25. The highest BCUT2D eigenvalue weighted by Gasteiger charge is 2.41. The van der Waals surface area contributed by atoms with Gasteiger partial charge in [-0.25, -0.2) is 0 Å². The molecule has 1 aliphatic carbocycles. The molecule has 1 rings (SSSR count). The average molecular weight is 225 g/mol. The first kappa shape index (κ1) is 12.8. The maximum atomic E-state index is 12.3. The average Bonchev–Trinajstić information content (AvgIpc) is 2.18. The van der Waals surface area contributed by atoms with E-state index in [2.05, 4.69) is 5.32 Å². The number of nitrogens with one attached hydrogen (secondary N) is 1. The predicted molar refractivity (Wildman–Crippen MR) is 51.7 cm³/mol. The fourth-order valence-electron chi connectivity index (χ4n) is 1.99. The summed E-state index contributed by atoms with van der Waals surface area (Å²) in [5.74, 6) is -1.09. The summed E-state index contributed by atoms with van der Waals surface area (Å²) in [7, 11) is 1.61. The predicted octanol–water partition coefficient (Wildman–Crippen LogP) is 2.34. The maximum absolute atomic E-state index is 12.3. The molecule has 0 aliphatic heterocycles. The zero-order valence-electron chi connectivity index (χ0n) is 8.94. The van der Waals surface area contributed by atoms with Gasteiger partial charge in [-0.1, -0.05) is 0 Å². The Balaban J connectivity index is 2.18. The molecule has 2 nitrogen and oxygen atoms in total. The molecule has 0 bridgehead atoms. The van der Waals surface area contributed by atoms with Gasteiger partial charge in [0.2, 0.25) is 0 Å². The second-order valence-electron chi connectivity index (χ2n) is 4.04. The van der Waals surface area contributed by atoms with Crippen LogP contribution in [0.2, 0.25) is 0 Å². The number of hydrogen-bond acceptors (Lipinski definition) is 2. The summed E-state index contributed by atoms with van der Waals surface area (Å²) >= 11 is 0. The summed E-state index contributed by atoms with van der Waals surface area (Å²) in [4.78, 5) is 0. The monoisotopic (exact) mass is 225 g/mol. The van der Waals surface area contributed by atoms with E-state index in [9.17, 15) is 13.2 Å². The number of halogens is 3. The summed E-state index contributed by atoms with van der Waals surface area (Å²) in [6.45, 7) is 1.33. The lowest BCUT2D eigenvalue weighted by Crippen LogP contribution is -2.38. The normalized spacial score (nSPS) is 28.0. The molecule has 0 saturated heterocycles. The Morgan fingerprint density at radius 3 is 2.27 bits per heavy atom. The van der Waals surface area contributed by atoms with Crippen LogP contribution in [0.4, 0.5) is 13.2 Å². The number of ether oxygens (including phenoxy) is 1. The highest BCUT2D eigenvalue weighted by atomic mass is 19.4. The Morgan fingerprint density at radius 1 is 1.20 bits per heavy atom. The Bertz CT molecular complexity index is 176. The Kier molecular flexibility index (Phi) is 4.86. The van der Waals surface area contributed by atoms with E-state index < -0.39 is 12.1 Å². The summed E-state index contributed by atoms with van der Waals surface area (Å²) in [5.41, 5.74) is 0. The molecule has 1 fully saturated rings. The molecule has 0 atom stereocenters. The minimum absolute atomic E-state index is 0.235. The Labute approximate surface area is 88.2 Å². The van der Waals surface area contributed by atoms with E-state index in [1.807, 2.05) is 0 Å². The van der Waals surface area contributed by atoms with Gasteiger partial charge in [-0.05, 0) is 25.7 Å². The van der Waals surface area contributed by atoms with Crippen LogP contribution >= 0.6 is 0 Å². The lowest BCUT2D eigenvalue weighted by molar-refractivity contribution is -0.182. The van der Waals surface area contributed by atoms with Gasteiger partial charge in [-0.2, -0.15) is 13.2 Å². The van der Waals surface area contributed by atoms with Gasteiger partial charge in [-0.3, -0.25) is 0 Å². The molecule has 90 valence electrons. The van der Waals surface area contributed by atoms with E-state index in [4.69, 9.17) is 4.74 Å². The van der Waals surface area contributed by atoms with Crippen molar-refractivity contribution in [3.8, 4) is 0 Å². The second kappa shape index (κ2) is 5.70. The van der Waals surface area contributed by atoms with Crippen LogP contribution in [0.1, 0.15) is 25.7 Å². The maximum Gasteiger partial charge on any atom is 0.391 e. The molecule has 0 spiro atoms. The largest absolute Gasteiger partial charge is 0.391 e. The van der Waals surface area contributed by atoms with E-state index in [1.165, 1.54) is 0 Å². The van der Waals surface area contributed by atoms with Gasteiger partial charge in [0.15, 0.2) is 0 Å². The lowest BCUT2D eigenvalue weighted by Gasteiger charge is -2.30. The Hall–Kier alpha value is -0.290. The van der Waals surface area contributed by atoms with Gasteiger partial charge in [0.05, 0.1) is 12.5 Å². The molecule has 1 saturated carbocycles. The van der Waals surface area contributed by atoms with Gasteiger partial charge >= 0.3 is 6.18 Å². The van der Waals surface area contributed by atoms with Gasteiger partial charge < -0.3 is 10.1 Å². The summed E-state index contributed by atoms with van der Waals surface area (Å²) in [6, 6.07) is 0.235. The van der Waals surface area contributed by atoms with Gasteiger partial charge in [-0.15, -0.1) is 0 Å². The molecule has 0 aromatic carbocycles. The van der Waals surface area contributed by atoms with Crippen molar-refractivity contribution in [1.29, 1.82) is 0 Å². The number of alkyl halides is 3. The molecule has 1 N–H and O–H groups in total. The highest BCUT2D eigenvalue weighted by Crippen LogP contribution is 2.37. The summed E-state index contributed by atoms with van der Waals surface area (Å²) in [5, 5.41) is 3.20. The minimum atomic E-state index is -4.00. The third-order valence-electron chi connectivity index (χ3n) is 2.93. The fraction of sp³-hybridized carbons (Fsp3) is 1.00. The van der Waals surface area contributed by atoms with Crippen molar-refractivity contribution in [1.82, 2.24) is 5.32 Å². The Morgan fingerprint density at radius 2 is 1.80 bits per heavy atom. The zero-order chi connectivity index (χ0) is 11.3. The molecule has 0 aromatic heterocycles. The first-order chi connectivity index (χ1) is 7.04. The van der Waals surface area contributed by atoms with Crippen molar-refractivity contribution in [2.45, 2.75) is 37.9 Å². The molecule has 0 radical (unpaired) electrons. The van der Waals surface area contributed by atoms with Crippen LogP contribution in [0, 0.1) is 5.92 Å². The van der Waals surface area contributed by atoms with Gasteiger partial charge in [0, 0.05) is 19.7 Å². The molecule has 0 aromatic rings. The van der Waals surface area contributed by atoms with E-state index in [1.54, 1.807) is 7.11 Å². The van der Waals surface area contributed by atoms with Crippen LogP contribution in [0.25, 0.3) is 0 Å². The van der Waals surface area contributed by atoms with Crippen molar-refractivity contribution in [3.63, 3.8) is 0 Å². The molecule has 0 unspecified atom stereocenters. The zero-order valence-corrected chi connectivity index (χ0v) is 8.94. The van der Waals surface area contributed by atoms with E-state index >= 15 is 0 Å². The van der Waals surface area contributed by atoms with Crippen molar-refractivity contribution >= 4 is 0 Å². The molecule has 0 heterocycles.